The van der Waals surface area contributed by atoms with Gasteiger partial charge < -0.3 is 15.3 Å². The third kappa shape index (κ3) is 3.19. The van der Waals surface area contributed by atoms with Crippen LogP contribution in [0.3, 0.4) is 0 Å². The highest BCUT2D eigenvalue weighted by molar-refractivity contribution is 6.33. The number of halogens is 1. The molecule has 2 heterocycles. The van der Waals surface area contributed by atoms with E-state index in [9.17, 15) is 9.59 Å². The molecule has 1 aliphatic heterocycles. The van der Waals surface area contributed by atoms with Gasteiger partial charge in [0, 0.05) is 19.3 Å². The summed E-state index contributed by atoms with van der Waals surface area (Å²) in [6.07, 6.45) is 3.32. The van der Waals surface area contributed by atoms with Gasteiger partial charge in [-0.25, -0.2) is 9.78 Å². The van der Waals surface area contributed by atoms with Crippen LogP contribution >= 0.6 is 11.6 Å². The number of pyridine rings is 1. The molecule has 1 fully saturated rings. The third-order valence-corrected chi connectivity index (χ3v) is 3.54. The first-order valence-electron chi connectivity index (χ1n) is 6.43. The fourth-order valence-electron chi connectivity index (χ4n) is 2.18. The maximum absolute atomic E-state index is 12.1. The molecule has 2 rings (SSSR count). The van der Waals surface area contributed by atoms with Crippen LogP contribution in [0.5, 0.6) is 0 Å². The monoisotopic (exact) mass is 297 g/mol. The van der Waals surface area contributed by atoms with Crippen LogP contribution in [0.2, 0.25) is 5.02 Å². The topological polar surface area (TPSA) is 82.5 Å². The van der Waals surface area contributed by atoms with Crippen LogP contribution in [0.4, 0.5) is 5.82 Å². The van der Waals surface area contributed by atoms with Gasteiger partial charge in [-0.2, -0.15) is 0 Å². The van der Waals surface area contributed by atoms with Crippen LogP contribution < -0.4 is 5.32 Å². The summed E-state index contributed by atoms with van der Waals surface area (Å²) in [5, 5.41) is 12.0. The van der Waals surface area contributed by atoms with Crippen molar-refractivity contribution < 1.29 is 14.7 Å². The van der Waals surface area contributed by atoms with Crippen molar-refractivity contribution in [1.82, 2.24) is 9.88 Å². The molecule has 0 spiro atoms. The van der Waals surface area contributed by atoms with Crippen molar-refractivity contribution in [3.8, 4) is 0 Å². The maximum atomic E-state index is 12.1. The molecule has 0 aromatic carbocycles. The number of rotatable bonds is 4. The van der Waals surface area contributed by atoms with E-state index in [0.717, 1.165) is 25.9 Å². The molecule has 1 saturated heterocycles. The molecule has 1 atom stereocenters. The van der Waals surface area contributed by atoms with Gasteiger partial charge in [-0.15, -0.1) is 0 Å². The third-order valence-electron chi connectivity index (χ3n) is 3.24. The van der Waals surface area contributed by atoms with Crippen LogP contribution in [0.15, 0.2) is 12.3 Å². The lowest BCUT2D eigenvalue weighted by Gasteiger charge is -2.21. The van der Waals surface area contributed by atoms with Crippen molar-refractivity contribution in [2.75, 3.05) is 18.4 Å². The summed E-state index contributed by atoms with van der Waals surface area (Å²) in [7, 11) is 0. The number of carbonyl (C=O) groups excluding carboxylic acids is 1. The molecular formula is C13H16ClN3O3. The molecule has 1 amide bonds. The summed E-state index contributed by atoms with van der Waals surface area (Å²) in [5.74, 6) is -0.804. The van der Waals surface area contributed by atoms with E-state index >= 15 is 0 Å². The fraction of sp³-hybridized carbons (Fsp3) is 0.462. The van der Waals surface area contributed by atoms with E-state index in [-0.39, 0.29) is 16.5 Å². The van der Waals surface area contributed by atoms with E-state index in [0.29, 0.717) is 5.82 Å². The lowest BCUT2D eigenvalue weighted by atomic mass is 10.2. The number of carboxylic acid groups (broad SMARTS) is 1. The minimum atomic E-state index is -1.13. The smallest absolute Gasteiger partial charge is 0.337 e. The van der Waals surface area contributed by atoms with E-state index in [1.54, 1.807) is 11.8 Å². The minimum Gasteiger partial charge on any atom is -0.478 e. The summed E-state index contributed by atoms with van der Waals surface area (Å²) >= 11 is 5.75. The van der Waals surface area contributed by atoms with Gasteiger partial charge in [0.05, 0.1) is 10.6 Å². The molecule has 1 unspecified atom stereocenters. The van der Waals surface area contributed by atoms with Crippen molar-refractivity contribution in [2.45, 2.75) is 25.8 Å². The molecule has 7 heteroatoms. The molecule has 1 aliphatic rings. The number of hydrogen-bond donors (Lipinski definition) is 2. The van der Waals surface area contributed by atoms with E-state index in [1.165, 1.54) is 12.3 Å². The number of anilines is 1. The van der Waals surface area contributed by atoms with Crippen molar-refractivity contribution >= 4 is 29.3 Å². The second kappa shape index (κ2) is 6.09. The first-order valence-corrected chi connectivity index (χ1v) is 6.81. The Bertz CT molecular complexity index is 530. The molecule has 1 aromatic heterocycles. The van der Waals surface area contributed by atoms with Crippen LogP contribution in [0.25, 0.3) is 0 Å². The number of carbonyl (C=O) groups is 2. The zero-order valence-corrected chi connectivity index (χ0v) is 11.9. The molecular weight excluding hydrogens is 282 g/mol. The van der Waals surface area contributed by atoms with Gasteiger partial charge in [-0.05, 0) is 25.8 Å². The molecule has 20 heavy (non-hydrogen) atoms. The SMILES string of the molecule is CC(Nc1cc(C(=O)O)c(Cl)cn1)C(=O)N1CCCC1. The summed E-state index contributed by atoms with van der Waals surface area (Å²) in [5.41, 5.74) is -0.0370. The van der Waals surface area contributed by atoms with E-state index in [2.05, 4.69) is 10.3 Å². The van der Waals surface area contributed by atoms with Crippen molar-refractivity contribution in [1.29, 1.82) is 0 Å². The number of amides is 1. The van der Waals surface area contributed by atoms with Crippen molar-refractivity contribution in [2.24, 2.45) is 0 Å². The fourth-order valence-corrected chi connectivity index (χ4v) is 2.36. The molecule has 108 valence electrons. The van der Waals surface area contributed by atoms with Gasteiger partial charge >= 0.3 is 5.97 Å². The molecule has 6 nitrogen and oxygen atoms in total. The standard InChI is InChI=1S/C13H16ClN3O3/c1-8(12(18)17-4-2-3-5-17)16-11-6-9(13(19)20)10(14)7-15-11/h6-8H,2-5H2,1H3,(H,15,16)(H,19,20). The predicted octanol–water partition coefficient (Wildman–Crippen LogP) is 1.86. The molecule has 2 N–H and O–H groups in total. The Morgan fingerprint density at radius 2 is 2.10 bits per heavy atom. The number of aromatic nitrogens is 1. The lowest BCUT2D eigenvalue weighted by molar-refractivity contribution is -0.130. The molecule has 0 bridgehead atoms. The number of likely N-dealkylation sites (tertiary alicyclic amines) is 1. The Balaban J connectivity index is 2.07. The minimum absolute atomic E-state index is 0.00359. The number of carboxylic acids is 1. The van der Waals surface area contributed by atoms with Crippen LogP contribution in [-0.2, 0) is 4.79 Å². The van der Waals surface area contributed by atoms with E-state index in [4.69, 9.17) is 16.7 Å². The molecule has 0 aliphatic carbocycles. The lowest BCUT2D eigenvalue weighted by Crippen LogP contribution is -2.39. The summed E-state index contributed by atoms with van der Waals surface area (Å²) in [6, 6.07) is 0.877. The zero-order chi connectivity index (χ0) is 14.7. The Kier molecular flexibility index (Phi) is 4.44. The van der Waals surface area contributed by atoms with Crippen LogP contribution in [0.1, 0.15) is 30.1 Å². The van der Waals surface area contributed by atoms with Crippen LogP contribution in [-0.4, -0.2) is 46.0 Å². The summed E-state index contributed by atoms with van der Waals surface area (Å²) in [4.78, 5) is 28.9. The van der Waals surface area contributed by atoms with Crippen LogP contribution in [0, 0.1) is 0 Å². The maximum Gasteiger partial charge on any atom is 0.337 e. The number of nitrogens with one attached hydrogen (secondary N) is 1. The number of aromatic carboxylic acids is 1. The average molecular weight is 298 g/mol. The summed E-state index contributed by atoms with van der Waals surface area (Å²) in [6.45, 7) is 3.29. The zero-order valence-electron chi connectivity index (χ0n) is 11.1. The largest absolute Gasteiger partial charge is 0.478 e. The van der Waals surface area contributed by atoms with E-state index in [1.807, 2.05) is 0 Å². The van der Waals surface area contributed by atoms with Crippen molar-refractivity contribution in [3.05, 3.63) is 22.8 Å². The highest BCUT2D eigenvalue weighted by atomic mass is 35.5. The quantitative estimate of drug-likeness (QED) is 0.886. The first-order chi connectivity index (χ1) is 9.49. The second-order valence-electron chi connectivity index (χ2n) is 4.75. The van der Waals surface area contributed by atoms with Gasteiger partial charge in [0.15, 0.2) is 0 Å². The van der Waals surface area contributed by atoms with Gasteiger partial charge in [0.25, 0.3) is 0 Å². The number of hydrogen-bond acceptors (Lipinski definition) is 4. The molecule has 0 radical (unpaired) electrons. The Morgan fingerprint density at radius 3 is 2.70 bits per heavy atom. The van der Waals surface area contributed by atoms with E-state index < -0.39 is 12.0 Å². The molecule has 0 saturated carbocycles. The van der Waals surface area contributed by atoms with Gasteiger partial charge in [-0.1, -0.05) is 11.6 Å². The Morgan fingerprint density at radius 1 is 1.45 bits per heavy atom. The normalized spacial score (nSPS) is 16.0. The van der Waals surface area contributed by atoms with Gasteiger partial charge in [0.2, 0.25) is 5.91 Å². The predicted molar refractivity (Wildman–Crippen MR) is 75.1 cm³/mol. The Hall–Kier alpha value is -1.82. The summed E-state index contributed by atoms with van der Waals surface area (Å²) < 4.78 is 0. The Labute approximate surface area is 121 Å². The van der Waals surface area contributed by atoms with Crippen molar-refractivity contribution in [3.63, 3.8) is 0 Å². The second-order valence-corrected chi connectivity index (χ2v) is 5.16. The first kappa shape index (κ1) is 14.6. The van der Waals surface area contributed by atoms with Gasteiger partial charge in [-0.3, -0.25) is 4.79 Å². The highest BCUT2D eigenvalue weighted by Crippen LogP contribution is 2.19. The highest BCUT2D eigenvalue weighted by Gasteiger charge is 2.23. The number of nitrogens with zero attached hydrogens (tertiary/aromatic N) is 2. The average Bonchev–Trinajstić information content (AvgIpc) is 2.93. The van der Waals surface area contributed by atoms with Gasteiger partial charge in [0.1, 0.15) is 11.9 Å². The molecule has 1 aromatic rings.